The highest BCUT2D eigenvalue weighted by molar-refractivity contribution is 7.16. The monoisotopic (exact) mass is 316 g/mol. The summed E-state index contributed by atoms with van der Waals surface area (Å²) in [5.74, 6) is 1.81. The first-order chi connectivity index (χ1) is 10.7. The molecule has 0 spiro atoms. The lowest BCUT2D eigenvalue weighted by molar-refractivity contribution is 0.303. The van der Waals surface area contributed by atoms with Gasteiger partial charge in [-0.2, -0.15) is 9.61 Å². The van der Waals surface area contributed by atoms with Gasteiger partial charge in [-0.1, -0.05) is 30.7 Å². The Morgan fingerprint density at radius 2 is 2.05 bits per heavy atom. The van der Waals surface area contributed by atoms with Gasteiger partial charge in [-0.25, -0.2) is 0 Å². The fraction of sp³-hybridized carbons (Fsp3) is 0.438. The van der Waals surface area contributed by atoms with Crippen molar-refractivity contribution in [3.05, 3.63) is 40.2 Å². The average molecular weight is 316 g/mol. The molecule has 0 aliphatic rings. The summed E-state index contributed by atoms with van der Waals surface area (Å²) in [6.45, 7) is 6.82. The second-order valence-corrected chi connectivity index (χ2v) is 6.49. The molecule has 5 nitrogen and oxygen atoms in total. The second-order valence-electron chi connectivity index (χ2n) is 5.44. The van der Waals surface area contributed by atoms with Gasteiger partial charge in [0.2, 0.25) is 4.96 Å². The molecule has 0 unspecified atom stereocenters. The van der Waals surface area contributed by atoms with Crippen LogP contribution < -0.4 is 4.74 Å². The molecule has 3 aromatic rings. The van der Waals surface area contributed by atoms with Gasteiger partial charge in [0.05, 0.1) is 0 Å². The molecule has 22 heavy (non-hydrogen) atoms. The van der Waals surface area contributed by atoms with E-state index in [1.807, 2.05) is 10.6 Å². The molecule has 0 radical (unpaired) electrons. The molecule has 0 atom stereocenters. The van der Waals surface area contributed by atoms with Crippen molar-refractivity contribution in [2.24, 2.45) is 0 Å². The molecule has 0 fully saturated rings. The number of unbranched alkanes of at least 4 members (excludes halogenated alkanes) is 1. The molecule has 0 bridgehead atoms. The van der Waals surface area contributed by atoms with Crippen LogP contribution in [0.25, 0.3) is 4.96 Å². The third-order valence-electron chi connectivity index (χ3n) is 3.69. The zero-order valence-corrected chi connectivity index (χ0v) is 14.0. The van der Waals surface area contributed by atoms with Gasteiger partial charge in [0.15, 0.2) is 10.8 Å². The van der Waals surface area contributed by atoms with E-state index in [0.29, 0.717) is 6.61 Å². The third kappa shape index (κ3) is 3.11. The first-order valence-corrected chi connectivity index (χ1v) is 8.39. The standard InChI is InChI=1S/C16H20N4OS/c1-4-5-6-14-17-18-16-20(14)19-15(22-16)10-21-13-8-7-11(2)12(3)9-13/h7-9H,4-6,10H2,1-3H3. The Hall–Kier alpha value is -1.95. The minimum Gasteiger partial charge on any atom is -0.486 e. The Morgan fingerprint density at radius 3 is 2.82 bits per heavy atom. The number of fused-ring (bicyclic) bond motifs is 1. The first kappa shape index (κ1) is 15.0. The van der Waals surface area contributed by atoms with E-state index in [0.717, 1.165) is 40.8 Å². The summed E-state index contributed by atoms with van der Waals surface area (Å²) in [6.07, 6.45) is 3.16. The highest BCUT2D eigenvalue weighted by Crippen LogP contribution is 2.20. The number of ether oxygens (including phenoxy) is 1. The summed E-state index contributed by atoms with van der Waals surface area (Å²) in [4.78, 5) is 0.838. The lowest BCUT2D eigenvalue weighted by Gasteiger charge is -2.06. The number of nitrogens with zero attached hydrogens (tertiary/aromatic N) is 4. The third-order valence-corrected chi connectivity index (χ3v) is 4.56. The van der Waals surface area contributed by atoms with Crippen LogP contribution in [0.5, 0.6) is 5.75 Å². The Labute approximate surface area is 134 Å². The van der Waals surface area contributed by atoms with E-state index in [1.54, 1.807) is 0 Å². The molecule has 0 aliphatic heterocycles. The maximum Gasteiger partial charge on any atom is 0.234 e. The number of rotatable bonds is 6. The van der Waals surface area contributed by atoms with E-state index < -0.39 is 0 Å². The zero-order valence-electron chi connectivity index (χ0n) is 13.2. The minimum absolute atomic E-state index is 0.462. The molecule has 2 aromatic heterocycles. The van der Waals surface area contributed by atoms with Crippen molar-refractivity contribution in [3.63, 3.8) is 0 Å². The van der Waals surface area contributed by atoms with Crippen molar-refractivity contribution in [1.82, 2.24) is 19.8 Å². The van der Waals surface area contributed by atoms with Gasteiger partial charge in [-0.05, 0) is 43.5 Å². The van der Waals surface area contributed by atoms with Gasteiger partial charge >= 0.3 is 0 Å². The van der Waals surface area contributed by atoms with Gasteiger partial charge in [0.25, 0.3) is 0 Å². The van der Waals surface area contributed by atoms with Crippen LogP contribution in [0.3, 0.4) is 0 Å². The van der Waals surface area contributed by atoms with Crippen molar-refractivity contribution < 1.29 is 4.74 Å². The van der Waals surface area contributed by atoms with Crippen LogP contribution in [0.2, 0.25) is 0 Å². The van der Waals surface area contributed by atoms with Gasteiger partial charge < -0.3 is 4.74 Å². The molecule has 1 aromatic carbocycles. The largest absolute Gasteiger partial charge is 0.486 e. The van der Waals surface area contributed by atoms with Crippen LogP contribution in [-0.2, 0) is 13.0 Å². The fourth-order valence-electron chi connectivity index (χ4n) is 2.19. The highest BCUT2D eigenvalue weighted by atomic mass is 32.1. The predicted octanol–water partition coefficient (Wildman–Crippen LogP) is 3.72. The van der Waals surface area contributed by atoms with E-state index in [4.69, 9.17) is 4.74 Å². The highest BCUT2D eigenvalue weighted by Gasteiger charge is 2.11. The lowest BCUT2D eigenvalue weighted by Crippen LogP contribution is -2.00. The summed E-state index contributed by atoms with van der Waals surface area (Å²) in [5.41, 5.74) is 2.50. The topological polar surface area (TPSA) is 52.3 Å². The Balaban J connectivity index is 1.71. The molecular weight excluding hydrogens is 296 g/mol. The quantitative estimate of drug-likeness (QED) is 0.695. The van der Waals surface area contributed by atoms with E-state index in [2.05, 4.69) is 48.2 Å². The maximum absolute atomic E-state index is 5.83. The normalized spacial score (nSPS) is 11.2. The lowest BCUT2D eigenvalue weighted by atomic mass is 10.1. The molecule has 6 heteroatoms. The summed E-state index contributed by atoms with van der Waals surface area (Å²) >= 11 is 1.53. The number of aryl methyl sites for hydroxylation is 3. The smallest absolute Gasteiger partial charge is 0.234 e. The van der Waals surface area contributed by atoms with Crippen LogP contribution in [0.15, 0.2) is 18.2 Å². The molecule has 0 saturated carbocycles. The summed E-state index contributed by atoms with van der Waals surface area (Å²) in [5, 5.41) is 13.9. The van der Waals surface area contributed by atoms with E-state index in [1.165, 1.54) is 22.5 Å². The molecule has 116 valence electrons. The molecule has 2 heterocycles. The average Bonchev–Trinajstić information content (AvgIpc) is 3.07. The maximum atomic E-state index is 5.83. The van der Waals surface area contributed by atoms with E-state index in [-0.39, 0.29) is 0 Å². The van der Waals surface area contributed by atoms with Crippen LogP contribution in [0.4, 0.5) is 0 Å². The molecule has 3 rings (SSSR count). The van der Waals surface area contributed by atoms with Gasteiger partial charge in [0.1, 0.15) is 12.4 Å². The van der Waals surface area contributed by atoms with Crippen molar-refractivity contribution in [2.45, 2.75) is 46.6 Å². The fourth-order valence-corrected chi connectivity index (χ4v) is 2.96. The van der Waals surface area contributed by atoms with Crippen LogP contribution >= 0.6 is 11.3 Å². The number of hydrogen-bond acceptors (Lipinski definition) is 5. The molecule has 0 amide bonds. The van der Waals surface area contributed by atoms with Gasteiger partial charge in [-0.3, -0.25) is 0 Å². The number of aromatic nitrogens is 4. The molecular formula is C16H20N4OS. The molecule has 0 saturated heterocycles. The minimum atomic E-state index is 0.462. The summed E-state index contributed by atoms with van der Waals surface area (Å²) in [6, 6.07) is 6.13. The number of hydrogen-bond donors (Lipinski definition) is 0. The number of benzene rings is 1. The summed E-state index contributed by atoms with van der Waals surface area (Å²) < 4.78 is 7.68. The van der Waals surface area contributed by atoms with E-state index >= 15 is 0 Å². The van der Waals surface area contributed by atoms with Crippen LogP contribution in [0, 0.1) is 13.8 Å². The molecule has 0 N–H and O–H groups in total. The zero-order chi connectivity index (χ0) is 15.5. The van der Waals surface area contributed by atoms with Crippen molar-refractivity contribution in [2.75, 3.05) is 0 Å². The second kappa shape index (κ2) is 6.44. The van der Waals surface area contributed by atoms with Gasteiger partial charge in [-0.15, -0.1) is 10.2 Å². The Morgan fingerprint density at radius 1 is 1.18 bits per heavy atom. The van der Waals surface area contributed by atoms with Gasteiger partial charge in [0, 0.05) is 6.42 Å². The SMILES string of the molecule is CCCCc1nnc2sc(COc3ccc(C)c(C)c3)nn12. The predicted molar refractivity (Wildman–Crippen MR) is 87.5 cm³/mol. The first-order valence-electron chi connectivity index (χ1n) is 7.57. The molecule has 0 aliphatic carbocycles. The Bertz CT molecular complexity index is 778. The Kier molecular flexibility index (Phi) is 4.38. The van der Waals surface area contributed by atoms with E-state index in [9.17, 15) is 0 Å². The van der Waals surface area contributed by atoms with Crippen molar-refractivity contribution in [3.8, 4) is 5.75 Å². The van der Waals surface area contributed by atoms with Crippen LogP contribution in [0.1, 0.15) is 41.7 Å². The van der Waals surface area contributed by atoms with Crippen molar-refractivity contribution >= 4 is 16.3 Å². The van der Waals surface area contributed by atoms with Crippen molar-refractivity contribution in [1.29, 1.82) is 0 Å². The summed E-state index contributed by atoms with van der Waals surface area (Å²) in [7, 11) is 0. The van der Waals surface area contributed by atoms with Crippen LogP contribution in [-0.4, -0.2) is 19.8 Å².